The predicted octanol–water partition coefficient (Wildman–Crippen LogP) is 2.94. The molecule has 5 nitrogen and oxygen atoms in total. The van der Waals surface area contributed by atoms with E-state index in [0.717, 1.165) is 12.8 Å². The monoisotopic (exact) mass is 292 g/mol. The molecule has 1 aromatic rings. The van der Waals surface area contributed by atoms with Gasteiger partial charge in [0.15, 0.2) is 6.04 Å². The number of carbonyl (C=O) groups is 2. The fourth-order valence-electron chi connectivity index (χ4n) is 2.43. The van der Waals surface area contributed by atoms with Crippen molar-refractivity contribution in [3.05, 3.63) is 35.9 Å². The first-order valence-corrected chi connectivity index (χ1v) is 7.34. The van der Waals surface area contributed by atoms with Crippen LogP contribution in [0.1, 0.15) is 45.2 Å². The number of aliphatic carboxylic acids is 1. The number of amides is 2. The lowest BCUT2D eigenvalue weighted by Gasteiger charge is -2.24. The van der Waals surface area contributed by atoms with Crippen LogP contribution in [0.15, 0.2) is 30.3 Å². The van der Waals surface area contributed by atoms with Gasteiger partial charge in [0.1, 0.15) is 0 Å². The van der Waals surface area contributed by atoms with Gasteiger partial charge in [-0.1, -0.05) is 57.0 Å². The number of carbonyl (C=O) groups excluding carboxylic acids is 1. The van der Waals surface area contributed by atoms with Crippen LogP contribution in [-0.2, 0) is 4.79 Å². The van der Waals surface area contributed by atoms with Crippen molar-refractivity contribution in [2.45, 2.75) is 45.7 Å². The number of carboxylic acid groups (broad SMARTS) is 1. The average molecular weight is 292 g/mol. The molecule has 0 aliphatic rings. The molecule has 0 fully saturated rings. The molecule has 3 N–H and O–H groups in total. The molecular formula is C16H24N2O3. The maximum Gasteiger partial charge on any atom is 0.330 e. The van der Waals surface area contributed by atoms with E-state index in [0.29, 0.717) is 11.5 Å². The van der Waals surface area contributed by atoms with Gasteiger partial charge in [-0.25, -0.2) is 9.59 Å². The van der Waals surface area contributed by atoms with Crippen LogP contribution in [0.3, 0.4) is 0 Å². The first-order chi connectivity index (χ1) is 9.99. The number of nitrogens with one attached hydrogen (secondary N) is 2. The lowest BCUT2D eigenvalue weighted by Crippen LogP contribution is -2.46. The van der Waals surface area contributed by atoms with E-state index in [-0.39, 0.29) is 6.04 Å². The molecule has 0 saturated carbocycles. The van der Waals surface area contributed by atoms with Crippen molar-refractivity contribution in [2.75, 3.05) is 0 Å². The Bertz CT molecular complexity index is 458. The fourth-order valence-corrected chi connectivity index (χ4v) is 2.43. The van der Waals surface area contributed by atoms with Crippen LogP contribution < -0.4 is 10.6 Å². The number of carboxylic acids is 1. The Balaban J connectivity index is 2.68. The summed E-state index contributed by atoms with van der Waals surface area (Å²) < 4.78 is 0. The van der Waals surface area contributed by atoms with Crippen molar-refractivity contribution in [2.24, 2.45) is 5.92 Å². The van der Waals surface area contributed by atoms with Gasteiger partial charge in [0.05, 0.1) is 0 Å². The zero-order valence-corrected chi connectivity index (χ0v) is 12.8. The molecule has 2 atom stereocenters. The zero-order valence-electron chi connectivity index (χ0n) is 12.8. The third-order valence-corrected chi connectivity index (χ3v) is 3.77. The predicted molar refractivity (Wildman–Crippen MR) is 82.0 cm³/mol. The van der Waals surface area contributed by atoms with Crippen molar-refractivity contribution in [1.82, 2.24) is 10.6 Å². The van der Waals surface area contributed by atoms with E-state index in [9.17, 15) is 14.7 Å². The summed E-state index contributed by atoms with van der Waals surface area (Å²) in [6, 6.07) is 7.18. The Hall–Kier alpha value is -2.04. The lowest BCUT2D eigenvalue weighted by molar-refractivity contribution is -0.139. The van der Waals surface area contributed by atoms with Crippen LogP contribution in [-0.4, -0.2) is 23.1 Å². The highest BCUT2D eigenvalue weighted by atomic mass is 16.4. The molecule has 0 spiro atoms. The molecule has 1 rings (SSSR count). The number of rotatable bonds is 7. The number of benzene rings is 1. The van der Waals surface area contributed by atoms with Crippen LogP contribution in [0.2, 0.25) is 0 Å². The number of hydrogen-bond donors (Lipinski definition) is 3. The van der Waals surface area contributed by atoms with Gasteiger partial charge >= 0.3 is 12.0 Å². The van der Waals surface area contributed by atoms with Gasteiger partial charge in [0, 0.05) is 6.04 Å². The topological polar surface area (TPSA) is 78.4 Å². The molecule has 2 unspecified atom stereocenters. The third-order valence-electron chi connectivity index (χ3n) is 3.77. The van der Waals surface area contributed by atoms with E-state index in [4.69, 9.17) is 0 Å². The highest BCUT2D eigenvalue weighted by molar-refractivity contribution is 5.83. The summed E-state index contributed by atoms with van der Waals surface area (Å²) in [5, 5.41) is 14.6. The zero-order chi connectivity index (χ0) is 15.8. The van der Waals surface area contributed by atoms with Crippen LogP contribution in [0, 0.1) is 5.92 Å². The van der Waals surface area contributed by atoms with Crippen molar-refractivity contribution in [3.63, 3.8) is 0 Å². The SMILES string of the molecule is CCC(CC)C(C)NC(=O)NC(C(=O)O)c1ccccc1. The van der Waals surface area contributed by atoms with E-state index >= 15 is 0 Å². The number of urea groups is 1. The van der Waals surface area contributed by atoms with Gasteiger partial charge in [-0.2, -0.15) is 0 Å². The van der Waals surface area contributed by atoms with Gasteiger partial charge in [0.25, 0.3) is 0 Å². The number of hydrogen-bond acceptors (Lipinski definition) is 2. The summed E-state index contributed by atoms with van der Waals surface area (Å²) in [6.45, 7) is 6.10. The molecule has 5 heteroatoms. The van der Waals surface area contributed by atoms with Crippen molar-refractivity contribution < 1.29 is 14.7 Å². The molecule has 1 aromatic carbocycles. The Morgan fingerprint density at radius 2 is 1.67 bits per heavy atom. The van der Waals surface area contributed by atoms with Crippen LogP contribution in [0.4, 0.5) is 4.79 Å². The summed E-state index contributed by atoms with van der Waals surface area (Å²) >= 11 is 0. The van der Waals surface area contributed by atoms with Gasteiger partial charge in [-0.15, -0.1) is 0 Å². The molecule has 0 radical (unpaired) electrons. The second-order valence-electron chi connectivity index (χ2n) is 5.16. The van der Waals surface area contributed by atoms with Crippen LogP contribution in [0.25, 0.3) is 0 Å². The minimum Gasteiger partial charge on any atom is -0.479 e. The fraction of sp³-hybridized carbons (Fsp3) is 0.500. The maximum absolute atomic E-state index is 12.0. The summed E-state index contributed by atoms with van der Waals surface area (Å²) in [5.74, 6) is -0.692. The first kappa shape index (κ1) is 17.0. The van der Waals surface area contributed by atoms with Gasteiger partial charge in [-0.3, -0.25) is 0 Å². The van der Waals surface area contributed by atoms with Gasteiger partial charge in [0.2, 0.25) is 0 Å². The second-order valence-corrected chi connectivity index (χ2v) is 5.16. The Labute approximate surface area is 125 Å². The molecule has 2 amide bonds. The summed E-state index contributed by atoms with van der Waals surface area (Å²) in [6.07, 6.45) is 1.94. The summed E-state index contributed by atoms with van der Waals surface area (Å²) in [4.78, 5) is 23.3. The van der Waals surface area contributed by atoms with Gasteiger partial charge < -0.3 is 15.7 Å². The molecule has 0 bridgehead atoms. The smallest absolute Gasteiger partial charge is 0.330 e. The molecule has 0 saturated heterocycles. The van der Waals surface area contributed by atoms with Crippen molar-refractivity contribution in [3.8, 4) is 0 Å². The first-order valence-electron chi connectivity index (χ1n) is 7.34. The normalized spacial score (nSPS) is 13.5. The quantitative estimate of drug-likeness (QED) is 0.723. The van der Waals surface area contributed by atoms with Crippen molar-refractivity contribution in [1.29, 1.82) is 0 Å². The van der Waals surface area contributed by atoms with E-state index in [1.54, 1.807) is 30.3 Å². The van der Waals surface area contributed by atoms with E-state index in [2.05, 4.69) is 24.5 Å². The highest BCUT2D eigenvalue weighted by Crippen LogP contribution is 2.14. The third kappa shape index (κ3) is 5.10. The van der Waals surface area contributed by atoms with Gasteiger partial charge in [-0.05, 0) is 18.4 Å². The minimum absolute atomic E-state index is 0.00483. The molecule has 0 aromatic heterocycles. The molecule has 116 valence electrons. The summed E-state index contributed by atoms with van der Waals surface area (Å²) in [5.41, 5.74) is 0.551. The van der Waals surface area contributed by atoms with Crippen LogP contribution >= 0.6 is 0 Å². The van der Waals surface area contributed by atoms with Crippen molar-refractivity contribution >= 4 is 12.0 Å². The minimum atomic E-state index is -1.08. The standard InChI is InChI=1S/C16H24N2O3/c1-4-12(5-2)11(3)17-16(21)18-14(15(19)20)13-9-7-6-8-10-13/h6-12,14H,4-5H2,1-3H3,(H,19,20)(H2,17,18,21). The molecule has 0 aliphatic carbocycles. The second kappa shape index (κ2) is 8.29. The van der Waals surface area contributed by atoms with E-state index < -0.39 is 18.0 Å². The molecule has 0 aliphatic heterocycles. The lowest BCUT2D eigenvalue weighted by atomic mass is 9.96. The Kier molecular flexibility index (Phi) is 6.72. The molecule has 21 heavy (non-hydrogen) atoms. The molecule has 0 heterocycles. The van der Waals surface area contributed by atoms with Crippen LogP contribution in [0.5, 0.6) is 0 Å². The van der Waals surface area contributed by atoms with E-state index in [1.807, 2.05) is 6.92 Å². The largest absolute Gasteiger partial charge is 0.479 e. The highest BCUT2D eigenvalue weighted by Gasteiger charge is 2.23. The maximum atomic E-state index is 12.0. The van der Waals surface area contributed by atoms with E-state index in [1.165, 1.54) is 0 Å². The summed E-state index contributed by atoms with van der Waals surface area (Å²) in [7, 11) is 0. The Morgan fingerprint density at radius 3 is 2.14 bits per heavy atom. The average Bonchev–Trinajstić information content (AvgIpc) is 2.46. The Morgan fingerprint density at radius 1 is 1.10 bits per heavy atom. The molecular weight excluding hydrogens is 268 g/mol.